The van der Waals surface area contributed by atoms with Crippen molar-refractivity contribution in [2.75, 3.05) is 6.54 Å². The number of hydrogen-bond acceptors (Lipinski definition) is 3. The number of furan rings is 1. The van der Waals surface area contributed by atoms with Crippen LogP contribution in [0.5, 0.6) is 0 Å². The average molecular weight is 237 g/mol. The van der Waals surface area contributed by atoms with Gasteiger partial charge in [0.15, 0.2) is 0 Å². The van der Waals surface area contributed by atoms with Gasteiger partial charge in [-0.1, -0.05) is 6.92 Å². The number of hydrogen-bond donors (Lipinski definition) is 2. The Balaban J connectivity index is 1.91. The normalized spacial score (nSPS) is 26.4. The highest BCUT2D eigenvalue weighted by molar-refractivity contribution is 5.81. The van der Waals surface area contributed by atoms with Gasteiger partial charge in [0.25, 0.3) is 0 Å². The van der Waals surface area contributed by atoms with E-state index < -0.39 is 5.60 Å². The maximum atomic E-state index is 11.6. The van der Waals surface area contributed by atoms with Crippen LogP contribution in [-0.2, 0) is 10.4 Å². The molecular formula is C13H19NO3. The predicted octanol–water partition coefficient (Wildman–Crippen LogP) is 1.57. The highest BCUT2D eigenvalue weighted by Gasteiger charge is 2.40. The fourth-order valence-corrected chi connectivity index (χ4v) is 1.89. The monoisotopic (exact) mass is 237 g/mol. The average Bonchev–Trinajstić information content (AvgIpc) is 2.81. The molecule has 17 heavy (non-hydrogen) atoms. The van der Waals surface area contributed by atoms with Crippen molar-refractivity contribution in [1.82, 2.24) is 5.32 Å². The lowest BCUT2D eigenvalue weighted by Crippen LogP contribution is -2.39. The Hall–Kier alpha value is -1.29. The first-order valence-corrected chi connectivity index (χ1v) is 5.97. The van der Waals surface area contributed by atoms with Gasteiger partial charge in [0.1, 0.15) is 17.1 Å². The molecule has 1 aromatic rings. The van der Waals surface area contributed by atoms with Crippen LogP contribution >= 0.6 is 0 Å². The lowest BCUT2D eigenvalue weighted by Gasteiger charge is -2.21. The molecule has 2 rings (SSSR count). The van der Waals surface area contributed by atoms with E-state index in [4.69, 9.17) is 4.42 Å². The molecule has 4 heteroatoms. The van der Waals surface area contributed by atoms with Gasteiger partial charge in [-0.05, 0) is 38.3 Å². The number of carbonyl (C=O) groups is 1. The number of amides is 1. The van der Waals surface area contributed by atoms with Gasteiger partial charge in [-0.15, -0.1) is 0 Å². The fraction of sp³-hybridized carbons (Fsp3) is 0.615. The van der Waals surface area contributed by atoms with Crippen LogP contribution in [0.3, 0.4) is 0 Å². The third-order valence-corrected chi connectivity index (χ3v) is 3.32. The van der Waals surface area contributed by atoms with Gasteiger partial charge in [-0.2, -0.15) is 0 Å². The number of rotatable bonds is 4. The van der Waals surface area contributed by atoms with Crippen molar-refractivity contribution in [2.24, 2.45) is 11.8 Å². The van der Waals surface area contributed by atoms with Crippen LogP contribution in [0.1, 0.15) is 31.8 Å². The van der Waals surface area contributed by atoms with Crippen LogP contribution in [0.15, 0.2) is 16.5 Å². The van der Waals surface area contributed by atoms with Crippen molar-refractivity contribution in [3.05, 3.63) is 23.7 Å². The Morgan fingerprint density at radius 3 is 2.76 bits per heavy atom. The van der Waals surface area contributed by atoms with E-state index in [1.54, 1.807) is 19.1 Å². The van der Waals surface area contributed by atoms with E-state index in [1.165, 1.54) is 0 Å². The standard InChI is InChI=1S/C13H19NO3/c1-8-6-10(8)12(15)14-7-13(3,16)11-5-4-9(2)17-11/h4-5,8,10,16H,6-7H2,1-3H3,(H,14,15). The van der Waals surface area contributed by atoms with Crippen LogP contribution in [-0.4, -0.2) is 17.6 Å². The van der Waals surface area contributed by atoms with E-state index in [9.17, 15) is 9.90 Å². The van der Waals surface area contributed by atoms with Crippen molar-refractivity contribution in [1.29, 1.82) is 0 Å². The minimum Gasteiger partial charge on any atom is -0.463 e. The molecule has 1 aliphatic carbocycles. The Bertz CT molecular complexity index is 422. The van der Waals surface area contributed by atoms with Crippen LogP contribution in [0.25, 0.3) is 0 Å². The topological polar surface area (TPSA) is 62.5 Å². The third kappa shape index (κ3) is 2.69. The minimum atomic E-state index is -1.15. The Morgan fingerprint density at radius 2 is 2.29 bits per heavy atom. The van der Waals surface area contributed by atoms with E-state index in [2.05, 4.69) is 12.2 Å². The first-order valence-electron chi connectivity index (χ1n) is 5.97. The molecule has 1 heterocycles. The van der Waals surface area contributed by atoms with Gasteiger partial charge in [-0.25, -0.2) is 0 Å². The summed E-state index contributed by atoms with van der Waals surface area (Å²) in [6, 6.07) is 3.54. The maximum absolute atomic E-state index is 11.6. The van der Waals surface area contributed by atoms with E-state index in [0.717, 1.165) is 12.2 Å². The van der Waals surface area contributed by atoms with Crippen LogP contribution in [0, 0.1) is 18.8 Å². The van der Waals surface area contributed by atoms with Crippen LogP contribution < -0.4 is 5.32 Å². The summed E-state index contributed by atoms with van der Waals surface area (Å²) in [4.78, 5) is 11.6. The van der Waals surface area contributed by atoms with Crippen molar-refractivity contribution in [3.8, 4) is 0 Å². The molecule has 0 radical (unpaired) electrons. The van der Waals surface area contributed by atoms with Gasteiger partial charge >= 0.3 is 0 Å². The lowest BCUT2D eigenvalue weighted by molar-refractivity contribution is -0.123. The molecule has 1 saturated carbocycles. The van der Waals surface area contributed by atoms with Gasteiger partial charge < -0.3 is 14.8 Å². The number of nitrogens with one attached hydrogen (secondary N) is 1. The molecule has 4 nitrogen and oxygen atoms in total. The Kier molecular flexibility index (Phi) is 3.00. The second-order valence-electron chi connectivity index (χ2n) is 5.22. The first-order chi connectivity index (χ1) is 7.90. The molecule has 0 saturated heterocycles. The smallest absolute Gasteiger partial charge is 0.223 e. The summed E-state index contributed by atoms with van der Waals surface area (Å²) in [6.45, 7) is 5.70. The summed E-state index contributed by atoms with van der Waals surface area (Å²) >= 11 is 0. The van der Waals surface area contributed by atoms with Crippen molar-refractivity contribution in [3.63, 3.8) is 0 Å². The summed E-state index contributed by atoms with van der Waals surface area (Å²) in [5, 5.41) is 13.0. The minimum absolute atomic E-state index is 0.0288. The van der Waals surface area contributed by atoms with E-state index in [0.29, 0.717) is 11.7 Å². The zero-order chi connectivity index (χ0) is 12.6. The molecule has 1 aromatic heterocycles. The second kappa shape index (κ2) is 4.18. The molecule has 0 aromatic carbocycles. The first kappa shape index (κ1) is 12.2. The van der Waals surface area contributed by atoms with Gasteiger partial charge in [0, 0.05) is 5.92 Å². The maximum Gasteiger partial charge on any atom is 0.223 e. The summed E-state index contributed by atoms with van der Waals surface area (Å²) in [7, 11) is 0. The van der Waals surface area contributed by atoms with Gasteiger partial charge in [-0.3, -0.25) is 4.79 Å². The summed E-state index contributed by atoms with van der Waals surface area (Å²) in [5.41, 5.74) is -1.15. The molecule has 0 bridgehead atoms. The summed E-state index contributed by atoms with van der Waals surface area (Å²) in [6.07, 6.45) is 0.952. The zero-order valence-corrected chi connectivity index (χ0v) is 10.5. The van der Waals surface area contributed by atoms with Crippen LogP contribution in [0.4, 0.5) is 0 Å². The molecule has 1 fully saturated rings. The lowest BCUT2D eigenvalue weighted by atomic mass is 10.0. The van der Waals surface area contributed by atoms with Gasteiger partial charge in [0.05, 0.1) is 6.54 Å². The highest BCUT2D eigenvalue weighted by Crippen LogP contribution is 2.37. The molecular weight excluding hydrogens is 218 g/mol. The number of aliphatic hydroxyl groups is 1. The second-order valence-corrected chi connectivity index (χ2v) is 5.22. The third-order valence-electron chi connectivity index (χ3n) is 3.32. The van der Waals surface area contributed by atoms with E-state index >= 15 is 0 Å². The van der Waals surface area contributed by atoms with Crippen molar-refractivity contribution >= 4 is 5.91 Å². The van der Waals surface area contributed by atoms with Gasteiger partial charge in [0.2, 0.25) is 5.91 Å². The Labute approximate surface area is 101 Å². The van der Waals surface area contributed by atoms with Crippen molar-refractivity contribution in [2.45, 2.75) is 32.8 Å². The van der Waals surface area contributed by atoms with E-state index in [1.807, 2.05) is 6.92 Å². The molecule has 3 unspecified atom stereocenters. The zero-order valence-electron chi connectivity index (χ0n) is 10.5. The molecule has 1 amide bonds. The molecule has 3 atom stereocenters. The van der Waals surface area contributed by atoms with E-state index in [-0.39, 0.29) is 18.4 Å². The number of aryl methyl sites for hydroxylation is 1. The molecule has 94 valence electrons. The van der Waals surface area contributed by atoms with Crippen LogP contribution in [0.2, 0.25) is 0 Å². The number of carbonyl (C=O) groups excluding carboxylic acids is 1. The molecule has 0 aliphatic heterocycles. The fourth-order valence-electron chi connectivity index (χ4n) is 1.89. The summed E-state index contributed by atoms with van der Waals surface area (Å²) in [5.74, 6) is 1.87. The summed E-state index contributed by atoms with van der Waals surface area (Å²) < 4.78 is 5.38. The SMILES string of the molecule is Cc1ccc(C(C)(O)CNC(=O)C2CC2C)o1. The Morgan fingerprint density at radius 1 is 1.65 bits per heavy atom. The molecule has 1 aliphatic rings. The quantitative estimate of drug-likeness (QED) is 0.835. The predicted molar refractivity (Wildman–Crippen MR) is 63.3 cm³/mol. The molecule has 0 spiro atoms. The molecule has 2 N–H and O–H groups in total. The highest BCUT2D eigenvalue weighted by atomic mass is 16.4. The van der Waals surface area contributed by atoms with Crippen molar-refractivity contribution < 1.29 is 14.3 Å². The largest absolute Gasteiger partial charge is 0.463 e.